The van der Waals surface area contributed by atoms with Crippen LogP contribution in [0.25, 0.3) is 0 Å². The standard InChI is InChI=1S/C15H15B3O4P/c19-23(20-12-13-11-16-18-17-13,21-14-7-3-1-4-8-14)22-15-9-5-2-6-10-15/h1-10,13H,11-12H2. The molecule has 0 aromatic heterocycles. The van der Waals surface area contributed by atoms with Crippen LogP contribution in [0.15, 0.2) is 60.7 Å². The van der Waals surface area contributed by atoms with E-state index in [4.69, 9.17) is 13.6 Å². The molecular formula is C15H15B3O4P. The quantitative estimate of drug-likeness (QED) is 0.578. The molecule has 1 heterocycles. The van der Waals surface area contributed by atoms with Crippen molar-refractivity contribution in [2.45, 2.75) is 12.1 Å². The van der Waals surface area contributed by atoms with Crippen molar-refractivity contribution in [1.29, 1.82) is 0 Å². The molecule has 1 aliphatic rings. The highest BCUT2D eigenvalue weighted by molar-refractivity contribution is 7.49. The van der Waals surface area contributed by atoms with Gasteiger partial charge in [0.15, 0.2) is 0 Å². The molecule has 1 fully saturated rings. The monoisotopic (exact) mass is 323 g/mol. The van der Waals surface area contributed by atoms with Gasteiger partial charge in [-0.15, -0.1) is 0 Å². The molecule has 0 spiro atoms. The molecule has 0 aliphatic carbocycles. The van der Waals surface area contributed by atoms with Crippen LogP contribution in [0.5, 0.6) is 11.5 Å². The van der Waals surface area contributed by atoms with Crippen LogP contribution in [0.2, 0.25) is 12.1 Å². The van der Waals surface area contributed by atoms with Crippen LogP contribution in [-0.4, -0.2) is 28.0 Å². The molecule has 1 unspecified atom stereocenters. The number of hydrogen-bond donors (Lipinski definition) is 0. The van der Waals surface area contributed by atoms with Gasteiger partial charge in [0.1, 0.15) is 11.5 Å². The summed E-state index contributed by atoms with van der Waals surface area (Å²) >= 11 is 0. The van der Waals surface area contributed by atoms with Gasteiger partial charge in [-0.3, -0.25) is 4.52 Å². The first-order chi connectivity index (χ1) is 11.2. The molecule has 1 atom stereocenters. The van der Waals surface area contributed by atoms with Gasteiger partial charge in [0.05, 0.1) is 20.9 Å². The van der Waals surface area contributed by atoms with Crippen molar-refractivity contribution in [2.24, 2.45) is 0 Å². The van der Waals surface area contributed by atoms with Crippen LogP contribution < -0.4 is 9.05 Å². The van der Waals surface area contributed by atoms with Gasteiger partial charge in [0.25, 0.3) is 0 Å². The highest BCUT2D eigenvalue weighted by atomic mass is 31.2. The first-order valence-corrected chi connectivity index (χ1v) is 8.93. The molecule has 2 aromatic carbocycles. The summed E-state index contributed by atoms with van der Waals surface area (Å²) in [6.07, 6.45) is 0.872. The lowest BCUT2D eigenvalue weighted by Crippen LogP contribution is -2.11. The van der Waals surface area contributed by atoms with E-state index in [-0.39, 0.29) is 12.4 Å². The van der Waals surface area contributed by atoms with Crippen LogP contribution in [0.3, 0.4) is 0 Å². The number of benzene rings is 2. The molecule has 113 valence electrons. The zero-order chi connectivity index (χ0) is 16.0. The predicted molar refractivity (Wildman–Crippen MR) is 93.5 cm³/mol. The minimum atomic E-state index is -3.76. The van der Waals surface area contributed by atoms with Crippen molar-refractivity contribution >= 4 is 29.2 Å². The fraction of sp³-hybridized carbons (Fsp3) is 0.200. The Balaban J connectivity index is 1.72. The van der Waals surface area contributed by atoms with Gasteiger partial charge in [-0.2, -0.15) is 0 Å². The summed E-state index contributed by atoms with van der Waals surface area (Å²) in [6, 6.07) is 17.8. The summed E-state index contributed by atoms with van der Waals surface area (Å²) < 4.78 is 29.7. The molecule has 0 saturated carbocycles. The topological polar surface area (TPSA) is 44.8 Å². The van der Waals surface area contributed by atoms with E-state index in [1.54, 1.807) is 48.5 Å². The summed E-state index contributed by atoms with van der Waals surface area (Å²) in [5.41, 5.74) is 0. The molecule has 3 rings (SSSR count). The zero-order valence-corrected chi connectivity index (χ0v) is 13.5. The Labute approximate surface area is 138 Å². The van der Waals surface area contributed by atoms with Crippen LogP contribution in [0, 0.1) is 0 Å². The Kier molecular flexibility index (Phi) is 5.53. The maximum atomic E-state index is 13.0. The van der Waals surface area contributed by atoms with E-state index in [9.17, 15) is 4.57 Å². The van der Waals surface area contributed by atoms with Crippen LogP contribution in [0.1, 0.15) is 0 Å². The fourth-order valence-electron chi connectivity index (χ4n) is 2.17. The van der Waals surface area contributed by atoms with Gasteiger partial charge in [0, 0.05) is 7.06 Å². The van der Waals surface area contributed by atoms with Gasteiger partial charge in [0.2, 0.25) is 0 Å². The predicted octanol–water partition coefficient (Wildman–Crippen LogP) is 3.43. The van der Waals surface area contributed by atoms with Crippen LogP contribution >= 0.6 is 7.82 Å². The summed E-state index contributed by atoms with van der Waals surface area (Å²) in [4.78, 5) is 0. The Bertz CT molecular complexity index is 605. The second-order valence-electron chi connectivity index (χ2n) is 5.17. The molecule has 8 heteroatoms. The van der Waals surface area contributed by atoms with Crippen molar-refractivity contribution in [3.8, 4) is 11.5 Å². The van der Waals surface area contributed by atoms with Gasteiger partial charge in [-0.25, -0.2) is 4.57 Å². The first-order valence-electron chi connectivity index (χ1n) is 7.47. The third-order valence-corrected chi connectivity index (χ3v) is 4.66. The Morgan fingerprint density at radius 1 is 0.957 bits per heavy atom. The van der Waals surface area contributed by atoms with E-state index in [0.29, 0.717) is 11.5 Å². The highest BCUT2D eigenvalue weighted by Gasteiger charge is 2.32. The number of phosphoric acid groups is 1. The van der Waals surface area contributed by atoms with E-state index in [2.05, 4.69) is 7.17 Å². The van der Waals surface area contributed by atoms with Gasteiger partial charge in [-0.1, -0.05) is 48.5 Å². The van der Waals surface area contributed by atoms with E-state index < -0.39 is 7.82 Å². The molecule has 0 N–H and O–H groups in total. The third kappa shape index (κ3) is 4.95. The van der Waals surface area contributed by atoms with Crippen molar-refractivity contribution < 1.29 is 18.1 Å². The van der Waals surface area contributed by atoms with E-state index >= 15 is 0 Å². The molecular weight excluding hydrogens is 308 g/mol. The Morgan fingerprint density at radius 2 is 1.52 bits per heavy atom. The average molecular weight is 323 g/mol. The maximum absolute atomic E-state index is 13.0. The molecule has 0 bridgehead atoms. The van der Waals surface area contributed by atoms with Crippen LogP contribution in [-0.2, 0) is 9.09 Å². The largest absolute Gasteiger partial charge is 0.587 e. The lowest BCUT2D eigenvalue weighted by atomic mass is 9.25. The molecule has 3 radical (unpaired) electrons. The molecule has 0 amide bonds. The van der Waals surface area contributed by atoms with E-state index in [0.717, 1.165) is 6.32 Å². The SMILES string of the molecule is O=P(OCC1[B][B][B]C1)(Oc1ccccc1)Oc1ccccc1. The van der Waals surface area contributed by atoms with Gasteiger partial charge in [-0.05, 0) is 24.3 Å². The normalized spacial score (nSPS) is 16.8. The maximum Gasteiger partial charge on any atom is 0.587 e. The number of para-hydroxylation sites is 2. The summed E-state index contributed by atoms with van der Waals surface area (Å²) in [5.74, 6) is 1.09. The lowest BCUT2D eigenvalue weighted by molar-refractivity contribution is 0.210. The molecule has 1 aliphatic heterocycles. The second kappa shape index (κ2) is 7.80. The highest BCUT2D eigenvalue weighted by Crippen LogP contribution is 2.50. The van der Waals surface area contributed by atoms with Crippen molar-refractivity contribution in [1.82, 2.24) is 0 Å². The van der Waals surface area contributed by atoms with Gasteiger partial charge >= 0.3 is 7.82 Å². The minimum Gasteiger partial charge on any atom is -0.395 e. The fourth-order valence-corrected chi connectivity index (χ4v) is 3.45. The van der Waals surface area contributed by atoms with Crippen molar-refractivity contribution in [3.05, 3.63) is 60.7 Å². The lowest BCUT2D eigenvalue weighted by Gasteiger charge is -2.20. The minimum absolute atomic E-state index is 0.196. The molecule has 23 heavy (non-hydrogen) atoms. The third-order valence-electron chi connectivity index (χ3n) is 3.33. The molecule has 2 aromatic rings. The summed E-state index contributed by atoms with van der Waals surface area (Å²) in [6.45, 7) is 0.282. The van der Waals surface area contributed by atoms with Gasteiger partial charge < -0.3 is 9.05 Å². The summed E-state index contributed by atoms with van der Waals surface area (Å²) in [7, 11) is 2.29. The molecule has 1 saturated heterocycles. The second-order valence-corrected chi connectivity index (χ2v) is 6.69. The number of phosphoric ester groups is 1. The van der Waals surface area contributed by atoms with Crippen LogP contribution in [0.4, 0.5) is 0 Å². The smallest absolute Gasteiger partial charge is 0.395 e. The zero-order valence-electron chi connectivity index (χ0n) is 12.6. The first kappa shape index (κ1) is 16.3. The Hall–Kier alpha value is -1.58. The summed E-state index contributed by atoms with van der Waals surface area (Å²) in [5, 5.41) is 0. The van der Waals surface area contributed by atoms with Crippen molar-refractivity contribution in [2.75, 3.05) is 6.61 Å². The van der Waals surface area contributed by atoms with E-state index in [1.165, 1.54) is 0 Å². The number of hydrogen-bond acceptors (Lipinski definition) is 4. The average Bonchev–Trinajstić information content (AvgIpc) is 3.08. The number of rotatable bonds is 7. The van der Waals surface area contributed by atoms with E-state index in [1.807, 2.05) is 26.4 Å². The van der Waals surface area contributed by atoms with Crippen molar-refractivity contribution in [3.63, 3.8) is 0 Å². The molecule has 4 nitrogen and oxygen atoms in total. The Morgan fingerprint density at radius 3 is 2.00 bits per heavy atom.